The minimum Gasteiger partial charge on any atom is -0.480 e. The number of nitrogens with one attached hydrogen (secondary N) is 3. The van der Waals surface area contributed by atoms with Crippen LogP contribution >= 0.6 is 12.6 Å². The number of rotatable bonds is 11. The summed E-state index contributed by atoms with van der Waals surface area (Å²) in [7, 11) is 0. The van der Waals surface area contributed by atoms with Gasteiger partial charge in [0.05, 0.1) is 12.7 Å². The number of hydrogen-bond donors (Lipinski definition) is 5. The van der Waals surface area contributed by atoms with Crippen LogP contribution in [0, 0.1) is 0 Å². The summed E-state index contributed by atoms with van der Waals surface area (Å²) in [6, 6.07) is 9.20. The van der Waals surface area contributed by atoms with E-state index in [1.54, 1.807) is 25.0 Å². The fraction of sp³-hybridized carbons (Fsp3) is 0.333. The first-order chi connectivity index (χ1) is 15.6. The molecule has 0 bridgehead atoms. The van der Waals surface area contributed by atoms with Gasteiger partial charge in [0, 0.05) is 49.0 Å². The summed E-state index contributed by atoms with van der Waals surface area (Å²) >= 11 is 4.57. The lowest BCUT2D eigenvalue weighted by atomic mass is 10.1. The molecule has 10 nitrogen and oxygen atoms in total. The van der Waals surface area contributed by atoms with E-state index < -0.39 is 12.0 Å². The van der Waals surface area contributed by atoms with Crippen LogP contribution in [0.25, 0.3) is 0 Å². The van der Waals surface area contributed by atoms with E-state index in [1.165, 1.54) is 0 Å². The van der Waals surface area contributed by atoms with Gasteiger partial charge >= 0.3 is 5.97 Å². The Hall–Kier alpha value is -3.31. The average molecular weight is 455 g/mol. The summed E-state index contributed by atoms with van der Waals surface area (Å²) in [5, 5.41) is 14.4. The molecule has 0 saturated carbocycles. The Morgan fingerprint density at radius 1 is 1.12 bits per heavy atom. The second-order valence-corrected chi connectivity index (χ2v) is 8.04. The maximum atomic E-state index is 12.2. The highest BCUT2D eigenvalue weighted by Gasteiger charge is 2.29. The lowest BCUT2D eigenvalue weighted by Crippen LogP contribution is -2.42. The van der Waals surface area contributed by atoms with Gasteiger partial charge in [0.2, 0.25) is 0 Å². The molecule has 4 rings (SSSR count). The van der Waals surface area contributed by atoms with Gasteiger partial charge in [0.1, 0.15) is 6.04 Å². The molecular formula is C21H26N8O2S. The molecule has 11 heteroatoms. The molecule has 0 fully saturated rings. The quantitative estimate of drug-likeness (QED) is 0.280. The van der Waals surface area contributed by atoms with Crippen LogP contribution in [0.4, 0.5) is 0 Å². The molecule has 1 aliphatic heterocycles. The van der Waals surface area contributed by atoms with Crippen LogP contribution in [0.1, 0.15) is 29.8 Å². The third-order valence-electron chi connectivity index (χ3n) is 5.34. The molecule has 2 unspecified atom stereocenters. The van der Waals surface area contributed by atoms with Crippen molar-refractivity contribution in [1.82, 2.24) is 35.2 Å². The zero-order valence-electron chi connectivity index (χ0n) is 17.4. The Balaban J connectivity index is 1.43. The second kappa shape index (κ2) is 10.3. The lowest BCUT2D eigenvalue weighted by molar-refractivity contribution is -0.144. The maximum absolute atomic E-state index is 12.2. The minimum atomic E-state index is -0.858. The lowest BCUT2D eigenvalue weighted by Gasteiger charge is -2.29. The topological polar surface area (TPSA) is 126 Å². The predicted molar refractivity (Wildman–Crippen MR) is 123 cm³/mol. The van der Waals surface area contributed by atoms with E-state index in [0.717, 1.165) is 22.8 Å². The molecule has 168 valence electrons. The fourth-order valence-electron chi connectivity index (χ4n) is 3.79. The predicted octanol–water partition coefficient (Wildman–Crippen LogP) is 1.85. The zero-order valence-corrected chi connectivity index (χ0v) is 18.3. The number of hydrogen-bond acceptors (Lipinski definition) is 8. The highest BCUT2D eigenvalue weighted by Crippen LogP contribution is 2.19. The van der Waals surface area contributed by atoms with Gasteiger partial charge in [-0.1, -0.05) is 30.3 Å². The van der Waals surface area contributed by atoms with E-state index in [0.29, 0.717) is 32.5 Å². The number of thiol groups is 1. The monoisotopic (exact) mass is 454 g/mol. The molecule has 1 aromatic carbocycles. The third-order valence-corrected chi connectivity index (χ3v) is 5.74. The van der Waals surface area contributed by atoms with Crippen molar-refractivity contribution < 1.29 is 9.90 Å². The van der Waals surface area contributed by atoms with E-state index in [1.807, 2.05) is 40.1 Å². The number of aliphatic carboxylic acids is 1. The van der Waals surface area contributed by atoms with Crippen LogP contribution in [0.2, 0.25) is 0 Å². The molecule has 0 saturated heterocycles. The van der Waals surface area contributed by atoms with Crippen LogP contribution in [0.3, 0.4) is 0 Å². The summed E-state index contributed by atoms with van der Waals surface area (Å²) in [6.45, 7) is 1.50. The second-order valence-electron chi connectivity index (χ2n) is 7.55. The largest absolute Gasteiger partial charge is 0.480 e. The number of amidine groups is 1. The van der Waals surface area contributed by atoms with Crippen molar-refractivity contribution in [3.8, 4) is 0 Å². The normalized spacial score (nSPS) is 16.8. The molecule has 32 heavy (non-hydrogen) atoms. The zero-order chi connectivity index (χ0) is 22.3. The van der Waals surface area contributed by atoms with Crippen molar-refractivity contribution in [2.75, 3.05) is 6.54 Å². The first-order valence-electron chi connectivity index (χ1n) is 10.4. The molecular weight excluding hydrogens is 428 g/mol. The van der Waals surface area contributed by atoms with Crippen LogP contribution in [0.5, 0.6) is 0 Å². The molecule has 4 N–H and O–H groups in total. The Bertz CT molecular complexity index is 974. The van der Waals surface area contributed by atoms with Crippen LogP contribution in [-0.2, 0) is 17.9 Å². The summed E-state index contributed by atoms with van der Waals surface area (Å²) in [5.41, 5.74) is 5.44. The van der Waals surface area contributed by atoms with Gasteiger partial charge in [-0.05, 0) is 12.8 Å². The van der Waals surface area contributed by atoms with Crippen molar-refractivity contribution in [2.45, 2.75) is 37.5 Å². The molecule has 0 spiro atoms. The molecule has 2 aromatic heterocycles. The Morgan fingerprint density at radius 2 is 1.78 bits per heavy atom. The highest BCUT2D eigenvalue weighted by atomic mass is 32.1. The highest BCUT2D eigenvalue weighted by molar-refractivity contribution is 7.80. The third kappa shape index (κ3) is 5.29. The van der Waals surface area contributed by atoms with Crippen LogP contribution in [0.15, 0.2) is 60.5 Å². The van der Waals surface area contributed by atoms with Crippen LogP contribution in [-0.4, -0.2) is 64.7 Å². The Labute approximate surface area is 191 Å². The number of carbonyl (C=O) groups is 1. The molecule has 0 radical (unpaired) electrons. The molecule has 2 atom stereocenters. The smallest absolute Gasteiger partial charge is 0.320 e. The van der Waals surface area contributed by atoms with Crippen molar-refractivity contribution in [1.29, 1.82) is 0 Å². The number of aromatic nitrogens is 4. The van der Waals surface area contributed by atoms with Gasteiger partial charge in [-0.25, -0.2) is 9.97 Å². The Morgan fingerprint density at radius 3 is 2.34 bits per heavy atom. The van der Waals surface area contributed by atoms with E-state index in [-0.39, 0.29) is 5.50 Å². The van der Waals surface area contributed by atoms with E-state index in [2.05, 4.69) is 43.1 Å². The first-order valence-corrected chi connectivity index (χ1v) is 10.9. The molecule has 0 amide bonds. The van der Waals surface area contributed by atoms with Gasteiger partial charge in [-0.3, -0.25) is 15.1 Å². The van der Waals surface area contributed by atoms with Crippen molar-refractivity contribution in [2.24, 2.45) is 5.10 Å². The summed E-state index contributed by atoms with van der Waals surface area (Å²) in [6.07, 6.45) is 7.74. The summed E-state index contributed by atoms with van der Waals surface area (Å²) in [4.78, 5) is 30.4. The molecule has 0 aliphatic carbocycles. The van der Waals surface area contributed by atoms with Gasteiger partial charge in [0.25, 0.3) is 0 Å². The number of hydrazone groups is 1. The number of H-pyrrole nitrogens is 2. The molecule has 1 aliphatic rings. The van der Waals surface area contributed by atoms with E-state index in [4.69, 9.17) is 0 Å². The van der Waals surface area contributed by atoms with Crippen molar-refractivity contribution in [3.63, 3.8) is 0 Å². The number of nitrogens with zero attached hydrogens (tertiary/aromatic N) is 5. The molecule has 3 aromatic rings. The van der Waals surface area contributed by atoms with E-state index in [9.17, 15) is 9.90 Å². The number of carboxylic acids is 1. The fourth-order valence-corrected chi connectivity index (χ4v) is 4.07. The van der Waals surface area contributed by atoms with Crippen LogP contribution < -0.4 is 5.43 Å². The maximum Gasteiger partial charge on any atom is 0.320 e. The Kier molecular flexibility index (Phi) is 7.07. The number of imidazole rings is 2. The van der Waals surface area contributed by atoms with E-state index >= 15 is 0 Å². The standard InChI is InChI=1S/C21H26N8O2S/c30-20(31)18(28(11-16-9-22-13-24-16)12-17-10-23-14-25-17)7-4-8-29-19(26-27-21(29)32)15-5-2-1-3-6-15/h1-3,5-6,9-10,13-14,18,21,27,32H,4,7-8,11-12H2,(H,22,24)(H,23,25)(H,30,31). The number of benzene rings is 1. The summed E-state index contributed by atoms with van der Waals surface area (Å²) in [5.74, 6) is -0.0489. The number of carboxylic acid groups (broad SMARTS) is 1. The number of aromatic amines is 2. The van der Waals surface area contributed by atoms with Gasteiger partial charge in [0.15, 0.2) is 11.3 Å². The van der Waals surface area contributed by atoms with Gasteiger partial charge in [-0.2, -0.15) is 5.10 Å². The van der Waals surface area contributed by atoms with Crippen molar-refractivity contribution >= 4 is 24.4 Å². The minimum absolute atomic E-state index is 0.250. The van der Waals surface area contributed by atoms with Gasteiger partial charge in [-0.15, -0.1) is 12.6 Å². The molecule has 3 heterocycles. The SMILES string of the molecule is O=C(O)C(CCCN1C(c2ccccc2)=NNC1S)N(Cc1cnc[nH]1)Cc1cnc[nH]1. The van der Waals surface area contributed by atoms with Gasteiger partial charge < -0.3 is 20.0 Å². The summed E-state index contributed by atoms with van der Waals surface area (Å²) < 4.78 is 0. The van der Waals surface area contributed by atoms with Crippen molar-refractivity contribution in [3.05, 3.63) is 72.3 Å². The first kappa shape index (κ1) is 21.9. The average Bonchev–Trinajstić information content (AvgIpc) is 3.55.